The molecule has 25 heavy (non-hydrogen) atoms. The molecule has 0 radical (unpaired) electrons. The zero-order chi connectivity index (χ0) is 17.2. The molecule has 7 heteroatoms. The fourth-order valence-corrected chi connectivity index (χ4v) is 4.10. The Morgan fingerprint density at radius 1 is 1.44 bits per heavy atom. The van der Waals surface area contributed by atoms with Crippen molar-refractivity contribution in [2.45, 2.75) is 45.8 Å². The molecular weight excluding hydrogens is 350 g/mol. The Labute approximate surface area is 153 Å². The lowest BCUT2D eigenvalue weighted by Gasteiger charge is -2.37. The molecule has 2 aliphatic rings. The topological polar surface area (TPSA) is 50.4 Å². The summed E-state index contributed by atoms with van der Waals surface area (Å²) in [6.45, 7) is 0.808. The van der Waals surface area contributed by atoms with Gasteiger partial charge in [0.05, 0.1) is 5.41 Å². The standard InChI is InChI=1S/C18H24F2N2O2.ClH/c1-12-5-6-15(24-17(19)20)13(8-12)9-22-16(23)18-7-3-2-4-14(18)10-21-11-18;/h5-6,8,14,17,21H,2-4,7,9-11H2,1H3,(H,22,23);1H/t14-,18+;/m0./s1. The number of aryl methyl sites for hydroxylation is 1. The molecule has 1 aromatic rings. The predicted molar refractivity (Wildman–Crippen MR) is 94.2 cm³/mol. The van der Waals surface area contributed by atoms with Crippen molar-refractivity contribution >= 4 is 18.3 Å². The van der Waals surface area contributed by atoms with Crippen molar-refractivity contribution in [2.24, 2.45) is 11.3 Å². The number of halogens is 3. The number of carbonyl (C=O) groups is 1. The van der Waals surface area contributed by atoms with Gasteiger partial charge in [-0.3, -0.25) is 4.79 Å². The summed E-state index contributed by atoms with van der Waals surface area (Å²) < 4.78 is 29.7. The summed E-state index contributed by atoms with van der Waals surface area (Å²) in [7, 11) is 0. The summed E-state index contributed by atoms with van der Waals surface area (Å²) in [5.74, 6) is 0.528. The zero-order valence-electron chi connectivity index (χ0n) is 14.3. The van der Waals surface area contributed by atoms with E-state index in [1.165, 1.54) is 12.5 Å². The Morgan fingerprint density at radius 3 is 3.00 bits per heavy atom. The number of hydrogen-bond acceptors (Lipinski definition) is 3. The van der Waals surface area contributed by atoms with Crippen molar-refractivity contribution in [1.82, 2.24) is 10.6 Å². The number of amides is 1. The SMILES string of the molecule is Cc1ccc(OC(F)F)c(CNC(=O)[C@@]23CCCC[C@H]2CNC3)c1.Cl. The number of ether oxygens (including phenoxy) is 1. The van der Waals surface area contributed by atoms with Gasteiger partial charge in [-0.1, -0.05) is 30.5 Å². The van der Waals surface area contributed by atoms with Crippen LogP contribution in [0.5, 0.6) is 5.75 Å². The molecule has 1 saturated carbocycles. The van der Waals surface area contributed by atoms with Crippen LogP contribution < -0.4 is 15.4 Å². The summed E-state index contributed by atoms with van der Waals surface area (Å²) >= 11 is 0. The van der Waals surface area contributed by atoms with E-state index in [4.69, 9.17) is 0 Å². The van der Waals surface area contributed by atoms with Gasteiger partial charge in [0.1, 0.15) is 5.75 Å². The van der Waals surface area contributed by atoms with Crippen LogP contribution in [0.2, 0.25) is 0 Å². The summed E-state index contributed by atoms with van der Waals surface area (Å²) in [4.78, 5) is 12.9. The molecule has 0 bridgehead atoms. The molecule has 0 aromatic heterocycles. The minimum absolute atomic E-state index is 0. The second-order valence-corrected chi connectivity index (χ2v) is 6.90. The summed E-state index contributed by atoms with van der Waals surface area (Å²) in [5, 5.41) is 6.31. The first-order chi connectivity index (χ1) is 11.5. The third-order valence-electron chi connectivity index (χ3n) is 5.36. The van der Waals surface area contributed by atoms with Gasteiger partial charge in [-0.25, -0.2) is 0 Å². The van der Waals surface area contributed by atoms with Gasteiger partial charge in [-0.2, -0.15) is 8.78 Å². The van der Waals surface area contributed by atoms with Crippen LogP contribution in [-0.4, -0.2) is 25.6 Å². The Bertz CT molecular complexity index is 615. The Balaban J connectivity index is 0.00000225. The molecule has 1 aromatic carbocycles. The van der Waals surface area contributed by atoms with Gasteiger partial charge in [0.25, 0.3) is 0 Å². The molecule has 0 unspecified atom stereocenters. The highest BCUT2D eigenvalue weighted by Crippen LogP contribution is 2.44. The van der Waals surface area contributed by atoms with E-state index in [2.05, 4.69) is 15.4 Å². The van der Waals surface area contributed by atoms with E-state index in [1.54, 1.807) is 12.1 Å². The molecular formula is C18H25ClF2N2O2. The van der Waals surface area contributed by atoms with Gasteiger partial charge < -0.3 is 15.4 Å². The molecule has 2 N–H and O–H groups in total. The van der Waals surface area contributed by atoms with E-state index >= 15 is 0 Å². The maximum atomic E-state index is 12.9. The second-order valence-electron chi connectivity index (χ2n) is 6.90. The lowest BCUT2D eigenvalue weighted by atomic mass is 9.67. The Hall–Kier alpha value is -1.40. The molecule has 0 spiro atoms. The lowest BCUT2D eigenvalue weighted by Crippen LogP contribution is -2.47. The number of benzene rings is 1. The molecule has 4 nitrogen and oxygen atoms in total. The molecule has 1 saturated heterocycles. The third-order valence-corrected chi connectivity index (χ3v) is 5.36. The van der Waals surface area contributed by atoms with Crippen molar-refractivity contribution in [3.05, 3.63) is 29.3 Å². The largest absolute Gasteiger partial charge is 0.434 e. The van der Waals surface area contributed by atoms with Crippen LogP contribution in [0.1, 0.15) is 36.8 Å². The summed E-state index contributed by atoms with van der Waals surface area (Å²) in [5.41, 5.74) is 1.18. The van der Waals surface area contributed by atoms with Gasteiger partial charge in [0, 0.05) is 18.7 Å². The highest BCUT2D eigenvalue weighted by molar-refractivity contribution is 5.85. The summed E-state index contributed by atoms with van der Waals surface area (Å²) in [6, 6.07) is 5.03. The van der Waals surface area contributed by atoms with Crippen LogP contribution >= 0.6 is 12.4 Å². The number of rotatable bonds is 5. The van der Waals surface area contributed by atoms with Crippen LogP contribution in [0.25, 0.3) is 0 Å². The Kier molecular flexibility index (Phi) is 6.63. The number of nitrogens with one attached hydrogen (secondary N) is 2. The lowest BCUT2D eigenvalue weighted by molar-refractivity contribution is -0.134. The van der Waals surface area contributed by atoms with E-state index in [0.717, 1.165) is 31.4 Å². The highest BCUT2D eigenvalue weighted by Gasteiger charge is 2.49. The van der Waals surface area contributed by atoms with Crippen LogP contribution in [0.15, 0.2) is 18.2 Å². The van der Waals surface area contributed by atoms with Crippen molar-refractivity contribution in [2.75, 3.05) is 13.1 Å². The molecule has 1 amide bonds. The van der Waals surface area contributed by atoms with Gasteiger partial charge in [0.15, 0.2) is 0 Å². The van der Waals surface area contributed by atoms with Gasteiger partial charge in [0.2, 0.25) is 5.91 Å². The number of carbonyl (C=O) groups excluding carboxylic acids is 1. The fraction of sp³-hybridized carbons (Fsp3) is 0.611. The smallest absolute Gasteiger partial charge is 0.387 e. The van der Waals surface area contributed by atoms with E-state index in [-0.39, 0.29) is 36.0 Å². The van der Waals surface area contributed by atoms with Crippen molar-refractivity contribution in [3.8, 4) is 5.75 Å². The van der Waals surface area contributed by atoms with Crippen molar-refractivity contribution in [1.29, 1.82) is 0 Å². The average Bonchev–Trinajstić information content (AvgIpc) is 2.99. The minimum Gasteiger partial charge on any atom is -0.434 e. The quantitative estimate of drug-likeness (QED) is 0.830. The first kappa shape index (κ1) is 19.9. The second kappa shape index (κ2) is 8.32. The first-order valence-electron chi connectivity index (χ1n) is 8.54. The summed E-state index contributed by atoms with van der Waals surface area (Å²) in [6.07, 6.45) is 4.21. The van der Waals surface area contributed by atoms with Crippen LogP contribution in [-0.2, 0) is 11.3 Å². The van der Waals surface area contributed by atoms with Crippen molar-refractivity contribution < 1.29 is 18.3 Å². The number of hydrogen-bond donors (Lipinski definition) is 2. The molecule has 140 valence electrons. The van der Waals surface area contributed by atoms with E-state index in [9.17, 15) is 13.6 Å². The van der Waals surface area contributed by atoms with E-state index < -0.39 is 6.61 Å². The number of fused-ring (bicyclic) bond motifs is 1. The average molecular weight is 375 g/mol. The maximum absolute atomic E-state index is 12.9. The number of alkyl halides is 2. The molecule has 2 atom stereocenters. The van der Waals surface area contributed by atoms with E-state index in [1.807, 2.05) is 6.92 Å². The molecule has 1 aliphatic carbocycles. The fourth-order valence-electron chi connectivity index (χ4n) is 4.10. The van der Waals surface area contributed by atoms with Gasteiger partial charge in [-0.05, 0) is 38.3 Å². The minimum atomic E-state index is -2.87. The van der Waals surface area contributed by atoms with Gasteiger partial charge >= 0.3 is 6.61 Å². The maximum Gasteiger partial charge on any atom is 0.387 e. The van der Waals surface area contributed by atoms with Crippen molar-refractivity contribution in [3.63, 3.8) is 0 Å². The monoisotopic (exact) mass is 374 g/mol. The molecule has 3 rings (SSSR count). The predicted octanol–water partition coefficient (Wildman–Crippen LogP) is 3.41. The normalized spacial score (nSPS) is 25.2. The van der Waals surface area contributed by atoms with Crippen LogP contribution in [0.3, 0.4) is 0 Å². The van der Waals surface area contributed by atoms with Crippen LogP contribution in [0, 0.1) is 18.3 Å². The zero-order valence-corrected chi connectivity index (χ0v) is 15.1. The van der Waals surface area contributed by atoms with E-state index in [0.29, 0.717) is 18.0 Å². The third kappa shape index (κ3) is 4.23. The molecule has 1 aliphatic heterocycles. The molecule has 2 fully saturated rings. The highest BCUT2D eigenvalue weighted by atomic mass is 35.5. The first-order valence-corrected chi connectivity index (χ1v) is 8.54. The van der Waals surface area contributed by atoms with Crippen LogP contribution in [0.4, 0.5) is 8.78 Å². The Morgan fingerprint density at radius 2 is 2.24 bits per heavy atom. The van der Waals surface area contributed by atoms with Gasteiger partial charge in [-0.15, -0.1) is 12.4 Å². The molecule has 1 heterocycles.